The second-order valence-electron chi connectivity index (χ2n) is 6.51. The van der Waals surface area contributed by atoms with E-state index in [2.05, 4.69) is 17.1 Å². The van der Waals surface area contributed by atoms with Gasteiger partial charge in [0.25, 0.3) is 0 Å². The predicted molar refractivity (Wildman–Crippen MR) is 85.3 cm³/mol. The zero-order valence-corrected chi connectivity index (χ0v) is 13.8. The van der Waals surface area contributed by atoms with E-state index in [0.29, 0.717) is 12.6 Å². The van der Waals surface area contributed by atoms with E-state index < -0.39 is 0 Å². The Morgan fingerprint density at radius 1 is 1.24 bits per heavy atom. The van der Waals surface area contributed by atoms with Crippen molar-refractivity contribution in [1.29, 1.82) is 0 Å². The molecule has 2 aliphatic rings. The Balaban J connectivity index is 1.94. The van der Waals surface area contributed by atoms with Crippen molar-refractivity contribution in [3.63, 3.8) is 0 Å². The third-order valence-corrected chi connectivity index (χ3v) is 4.99. The Morgan fingerprint density at radius 3 is 2.76 bits per heavy atom. The second kappa shape index (κ2) is 8.74. The molecule has 1 aliphatic heterocycles. The van der Waals surface area contributed by atoms with Crippen LogP contribution in [0.4, 0.5) is 0 Å². The van der Waals surface area contributed by atoms with Crippen molar-refractivity contribution >= 4 is 5.97 Å². The van der Waals surface area contributed by atoms with Crippen molar-refractivity contribution in [3.8, 4) is 0 Å². The van der Waals surface area contributed by atoms with Crippen LogP contribution in [0.5, 0.6) is 0 Å². The lowest BCUT2D eigenvalue weighted by Crippen LogP contribution is -2.54. The molecule has 1 heterocycles. The molecule has 0 spiro atoms. The fourth-order valence-electron chi connectivity index (χ4n) is 3.97. The van der Waals surface area contributed by atoms with Gasteiger partial charge in [-0.25, -0.2) is 0 Å². The van der Waals surface area contributed by atoms with Crippen LogP contribution in [-0.4, -0.2) is 49.2 Å². The van der Waals surface area contributed by atoms with Crippen LogP contribution in [0.15, 0.2) is 0 Å². The number of carbonyl (C=O) groups is 1. The molecule has 0 amide bonds. The van der Waals surface area contributed by atoms with Crippen LogP contribution in [-0.2, 0) is 9.53 Å². The van der Waals surface area contributed by atoms with Crippen LogP contribution < -0.4 is 5.32 Å². The van der Waals surface area contributed by atoms with Crippen LogP contribution in [0.2, 0.25) is 0 Å². The maximum absolute atomic E-state index is 12.2. The highest BCUT2D eigenvalue weighted by atomic mass is 16.5. The third-order valence-electron chi connectivity index (χ3n) is 4.99. The molecule has 4 heteroatoms. The van der Waals surface area contributed by atoms with Crippen molar-refractivity contribution in [3.05, 3.63) is 0 Å². The molecule has 122 valence electrons. The SMILES string of the molecule is CCCNC(CN1CCC[C@H]2CCCC[C@H]21)C(=O)OCC. The molecule has 2 fully saturated rings. The van der Waals surface area contributed by atoms with Gasteiger partial charge in [-0.3, -0.25) is 9.69 Å². The van der Waals surface area contributed by atoms with E-state index >= 15 is 0 Å². The van der Waals surface area contributed by atoms with Gasteiger partial charge in [-0.2, -0.15) is 0 Å². The summed E-state index contributed by atoms with van der Waals surface area (Å²) in [6.07, 6.45) is 9.15. The highest BCUT2D eigenvalue weighted by molar-refractivity contribution is 5.76. The van der Waals surface area contributed by atoms with E-state index in [0.717, 1.165) is 32.0 Å². The van der Waals surface area contributed by atoms with Crippen molar-refractivity contribution in [2.24, 2.45) is 5.92 Å². The van der Waals surface area contributed by atoms with E-state index in [-0.39, 0.29) is 12.0 Å². The highest BCUT2D eigenvalue weighted by Crippen LogP contribution is 2.35. The van der Waals surface area contributed by atoms with Gasteiger partial charge < -0.3 is 10.1 Å². The van der Waals surface area contributed by atoms with Gasteiger partial charge >= 0.3 is 5.97 Å². The molecule has 0 bridgehead atoms. The summed E-state index contributed by atoms with van der Waals surface area (Å²) < 4.78 is 5.25. The first-order valence-electron chi connectivity index (χ1n) is 8.90. The molecular formula is C17H32N2O2. The number of carbonyl (C=O) groups excluding carboxylic acids is 1. The number of esters is 1. The second-order valence-corrected chi connectivity index (χ2v) is 6.51. The lowest BCUT2D eigenvalue weighted by Gasteiger charge is -2.45. The molecular weight excluding hydrogens is 264 g/mol. The maximum Gasteiger partial charge on any atom is 0.324 e. The fraction of sp³-hybridized carbons (Fsp3) is 0.941. The van der Waals surface area contributed by atoms with Gasteiger partial charge in [-0.15, -0.1) is 0 Å². The lowest BCUT2D eigenvalue weighted by atomic mass is 9.78. The normalized spacial score (nSPS) is 27.9. The third kappa shape index (κ3) is 4.68. The minimum Gasteiger partial charge on any atom is -0.465 e. The number of fused-ring (bicyclic) bond motifs is 1. The Labute approximate surface area is 129 Å². The molecule has 4 nitrogen and oxygen atoms in total. The van der Waals surface area contributed by atoms with Gasteiger partial charge in [0.1, 0.15) is 6.04 Å². The highest BCUT2D eigenvalue weighted by Gasteiger charge is 2.35. The van der Waals surface area contributed by atoms with Gasteiger partial charge in [-0.05, 0) is 58.0 Å². The van der Waals surface area contributed by atoms with Gasteiger partial charge in [0.2, 0.25) is 0 Å². The molecule has 0 aromatic carbocycles. The van der Waals surface area contributed by atoms with Gasteiger partial charge in [0, 0.05) is 12.6 Å². The summed E-state index contributed by atoms with van der Waals surface area (Å²) >= 11 is 0. The standard InChI is InChI=1S/C17H32N2O2/c1-3-11-18-15(17(20)21-4-2)13-19-12-7-9-14-8-5-6-10-16(14)19/h14-16,18H,3-13H2,1-2H3/t14-,15?,16-/m1/s1. The number of hydrogen-bond donors (Lipinski definition) is 1. The lowest BCUT2D eigenvalue weighted by molar-refractivity contribution is -0.146. The van der Waals surface area contributed by atoms with Crippen molar-refractivity contribution < 1.29 is 9.53 Å². The van der Waals surface area contributed by atoms with Crippen LogP contribution >= 0.6 is 0 Å². The monoisotopic (exact) mass is 296 g/mol. The first-order chi connectivity index (χ1) is 10.3. The number of ether oxygens (including phenoxy) is 1. The largest absolute Gasteiger partial charge is 0.465 e. The quantitative estimate of drug-likeness (QED) is 0.733. The molecule has 2 rings (SSSR count). The Bertz CT molecular complexity index is 320. The van der Waals surface area contributed by atoms with Gasteiger partial charge in [-0.1, -0.05) is 19.8 Å². The zero-order valence-electron chi connectivity index (χ0n) is 13.8. The smallest absolute Gasteiger partial charge is 0.324 e. The van der Waals surface area contributed by atoms with Gasteiger partial charge in [0.05, 0.1) is 6.61 Å². The average molecular weight is 296 g/mol. The first kappa shape index (κ1) is 16.8. The van der Waals surface area contributed by atoms with E-state index in [4.69, 9.17) is 4.74 Å². The molecule has 1 saturated carbocycles. The Hall–Kier alpha value is -0.610. The number of nitrogens with zero attached hydrogens (tertiary/aromatic N) is 1. The zero-order chi connectivity index (χ0) is 15.1. The summed E-state index contributed by atoms with van der Waals surface area (Å²) in [5.41, 5.74) is 0. The van der Waals surface area contributed by atoms with E-state index in [1.807, 2.05) is 6.92 Å². The average Bonchev–Trinajstić information content (AvgIpc) is 2.51. The number of rotatable bonds is 7. The summed E-state index contributed by atoms with van der Waals surface area (Å²) in [7, 11) is 0. The predicted octanol–water partition coefficient (Wildman–Crippen LogP) is 2.57. The van der Waals surface area contributed by atoms with Crippen LogP contribution in [0.25, 0.3) is 0 Å². The molecule has 0 radical (unpaired) electrons. The Morgan fingerprint density at radius 2 is 2.00 bits per heavy atom. The summed E-state index contributed by atoms with van der Waals surface area (Å²) in [6, 6.07) is 0.540. The molecule has 3 atom stereocenters. The van der Waals surface area contributed by atoms with Crippen LogP contribution in [0, 0.1) is 5.92 Å². The number of hydrogen-bond acceptors (Lipinski definition) is 4. The number of piperidine rings is 1. The topological polar surface area (TPSA) is 41.6 Å². The van der Waals surface area contributed by atoms with E-state index in [9.17, 15) is 4.79 Å². The minimum atomic E-state index is -0.162. The van der Waals surface area contributed by atoms with Gasteiger partial charge in [0.15, 0.2) is 0 Å². The first-order valence-corrected chi connectivity index (χ1v) is 8.90. The minimum absolute atomic E-state index is 0.0797. The number of likely N-dealkylation sites (tertiary alicyclic amines) is 1. The molecule has 0 aromatic heterocycles. The van der Waals surface area contributed by atoms with E-state index in [1.54, 1.807) is 0 Å². The van der Waals surface area contributed by atoms with Crippen LogP contribution in [0.1, 0.15) is 58.8 Å². The summed E-state index contributed by atoms with van der Waals surface area (Å²) in [5.74, 6) is 0.783. The summed E-state index contributed by atoms with van der Waals surface area (Å²) in [5, 5.41) is 3.38. The fourth-order valence-corrected chi connectivity index (χ4v) is 3.97. The summed E-state index contributed by atoms with van der Waals surface area (Å²) in [6.45, 7) is 7.33. The van der Waals surface area contributed by atoms with E-state index in [1.165, 1.54) is 38.5 Å². The van der Waals surface area contributed by atoms with Crippen molar-refractivity contribution in [2.75, 3.05) is 26.2 Å². The maximum atomic E-state index is 12.2. The molecule has 1 aliphatic carbocycles. The molecule has 1 saturated heterocycles. The Kier molecular flexibility index (Phi) is 6.97. The van der Waals surface area contributed by atoms with Crippen molar-refractivity contribution in [2.45, 2.75) is 70.9 Å². The molecule has 21 heavy (non-hydrogen) atoms. The summed E-state index contributed by atoms with van der Waals surface area (Å²) in [4.78, 5) is 14.7. The molecule has 0 aromatic rings. The molecule has 1 unspecified atom stereocenters. The molecule has 1 N–H and O–H groups in total. The van der Waals surface area contributed by atoms with Crippen molar-refractivity contribution in [1.82, 2.24) is 10.2 Å². The van der Waals surface area contributed by atoms with Crippen LogP contribution in [0.3, 0.4) is 0 Å². The number of nitrogens with one attached hydrogen (secondary N) is 1.